The molecule has 0 spiro atoms. The summed E-state index contributed by atoms with van der Waals surface area (Å²) in [6.45, 7) is 6.17. The molecule has 218 valence electrons. The molecule has 12 heteroatoms. The van der Waals surface area contributed by atoms with Crippen LogP contribution in [0.2, 0.25) is 0 Å². The molecule has 0 saturated carbocycles. The summed E-state index contributed by atoms with van der Waals surface area (Å²) >= 11 is 2.75. The number of amides is 4. The third-order valence-electron chi connectivity index (χ3n) is 6.77. The van der Waals surface area contributed by atoms with E-state index in [-0.39, 0.29) is 35.8 Å². The van der Waals surface area contributed by atoms with E-state index in [1.54, 1.807) is 5.38 Å². The monoisotopic (exact) mass is 596 g/mol. The van der Waals surface area contributed by atoms with Crippen molar-refractivity contribution in [3.63, 3.8) is 0 Å². The van der Waals surface area contributed by atoms with E-state index < -0.39 is 24.0 Å². The van der Waals surface area contributed by atoms with Gasteiger partial charge in [-0.2, -0.15) is 0 Å². The number of nitrogens with zero attached hydrogens (tertiary/aromatic N) is 2. The van der Waals surface area contributed by atoms with Gasteiger partial charge in [0.25, 0.3) is 5.91 Å². The van der Waals surface area contributed by atoms with E-state index >= 15 is 0 Å². The van der Waals surface area contributed by atoms with Crippen LogP contribution in [-0.4, -0.2) is 52.2 Å². The number of carbonyl (C=O) groups excluding carboxylic acids is 4. The third kappa shape index (κ3) is 8.67. The van der Waals surface area contributed by atoms with Crippen LogP contribution in [0.15, 0.2) is 41.1 Å². The highest BCUT2D eigenvalue weighted by Crippen LogP contribution is 2.26. The largest absolute Gasteiger partial charge is 0.354 e. The van der Waals surface area contributed by atoms with E-state index in [4.69, 9.17) is 0 Å². The molecule has 10 nitrogen and oxygen atoms in total. The topological polar surface area (TPSA) is 142 Å². The summed E-state index contributed by atoms with van der Waals surface area (Å²) in [6.07, 6.45) is 2.03. The lowest BCUT2D eigenvalue weighted by Crippen LogP contribution is -2.49. The van der Waals surface area contributed by atoms with Gasteiger partial charge in [-0.25, -0.2) is 9.97 Å². The van der Waals surface area contributed by atoms with E-state index in [2.05, 4.69) is 31.2 Å². The van der Waals surface area contributed by atoms with Crippen LogP contribution in [0.4, 0.5) is 0 Å². The molecule has 1 aliphatic rings. The van der Waals surface area contributed by atoms with Crippen molar-refractivity contribution < 1.29 is 19.2 Å². The maximum absolute atomic E-state index is 13.5. The number of fused-ring (bicyclic) bond motifs is 2. The van der Waals surface area contributed by atoms with Crippen molar-refractivity contribution in [3.8, 4) is 0 Å². The maximum atomic E-state index is 13.5. The number of rotatable bonds is 6. The van der Waals surface area contributed by atoms with Crippen LogP contribution in [0.5, 0.6) is 0 Å². The fourth-order valence-electron chi connectivity index (χ4n) is 4.57. The summed E-state index contributed by atoms with van der Waals surface area (Å²) in [7, 11) is 0. The van der Waals surface area contributed by atoms with Gasteiger partial charge in [-0.05, 0) is 37.7 Å². The standard InChI is InChI=1S/C29H36N6O4S2/c1-17(2)25-29-34-23(16-41-29)28(39)33-22(13-19-9-5-4-6-10-19)26(37)30-12-8-7-11-21(27(38)35-25)32-24(36)14-20-15-40-18(3)31-20/h4-6,9-10,15-17,21-22,25H,7-8,11-14H2,1-3H3,(H,30,37)(H,32,36)(H,33,39)(H,35,38)/t21-,22+,25+/m0/s1. The van der Waals surface area contributed by atoms with Gasteiger partial charge in [-0.1, -0.05) is 44.2 Å². The number of carbonyl (C=O) groups is 4. The number of hydrogen-bond acceptors (Lipinski definition) is 8. The molecule has 0 aliphatic carbocycles. The third-order valence-corrected chi connectivity index (χ3v) is 8.52. The molecule has 0 fully saturated rings. The molecular formula is C29H36N6O4S2. The Labute approximate surface area is 247 Å². The molecule has 4 rings (SSSR count). The molecule has 4 amide bonds. The van der Waals surface area contributed by atoms with Gasteiger partial charge in [0, 0.05) is 23.7 Å². The maximum Gasteiger partial charge on any atom is 0.271 e. The van der Waals surface area contributed by atoms with Crippen LogP contribution in [0.3, 0.4) is 0 Å². The first-order valence-corrected chi connectivity index (χ1v) is 15.5. The summed E-state index contributed by atoms with van der Waals surface area (Å²) in [5, 5.41) is 16.6. The Balaban J connectivity index is 1.54. The molecule has 0 unspecified atom stereocenters. The minimum Gasteiger partial charge on any atom is -0.354 e. The van der Waals surface area contributed by atoms with E-state index in [1.807, 2.05) is 56.5 Å². The minimum absolute atomic E-state index is 0.0224. The normalized spacial score (nSPS) is 20.7. The fourth-order valence-corrected chi connectivity index (χ4v) is 6.20. The predicted molar refractivity (Wildman–Crippen MR) is 159 cm³/mol. The molecule has 0 radical (unpaired) electrons. The number of aromatic nitrogens is 2. The second-order valence-electron chi connectivity index (χ2n) is 10.5. The van der Waals surface area contributed by atoms with Crippen LogP contribution in [0.25, 0.3) is 0 Å². The van der Waals surface area contributed by atoms with E-state index in [0.29, 0.717) is 42.9 Å². The Morgan fingerprint density at radius 2 is 1.80 bits per heavy atom. The summed E-state index contributed by atoms with van der Waals surface area (Å²) in [6, 6.07) is 7.53. The first-order chi connectivity index (χ1) is 19.7. The average molecular weight is 597 g/mol. The van der Waals surface area contributed by atoms with Gasteiger partial charge >= 0.3 is 0 Å². The fraction of sp³-hybridized carbons (Fsp3) is 0.448. The zero-order valence-corrected chi connectivity index (χ0v) is 25.1. The molecule has 41 heavy (non-hydrogen) atoms. The second-order valence-corrected chi connectivity index (χ2v) is 12.4. The number of aryl methyl sites for hydroxylation is 1. The molecule has 2 bridgehead atoms. The predicted octanol–water partition coefficient (Wildman–Crippen LogP) is 3.09. The van der Waals surface area contributed by atoms with Crippen molar-refractivity contribution in [1.82, 2.24) is 31.2 Å². The SMILES string of the molecule is Cc1nc(CC(=O)N[C@H]2CCCCNC(=O)[C@@H](Cc3ccccc3)NC(=O)c3csc(n3)[C@@H](C(C)C)NC2=O)cs1. The molecular weight excluding hydrogens is 560 g/mol. The van der Waals surface area contributed by atoms with Gasteiger partial charge in [0.15, 0.2) is 0 Å². The molecule has 2 aromatic heterocycles. The van der Waals surface area contributed by atoms with Crippen LogP contribution in [-0.2, 0) is 27.2 Å². The highest BCUT2D eigenvalue weighted by molar-refractivity contribution is 7.10. The van der Waals surface area contributed by atoms with Crippen LogP contribution in [0.1, 0.15) is 70.9 Å². The molecule has 1 aliphatic heterocycles. The number of thiazole rings is 2. The van der Waals surface area contributed by atoms with Crippen molar-refractivity contribution in [2.75, 3.05) is 6.54 Å². The van der Waals surface area contributed by atoms with E-state index in [0.717, 1.165) is 10.6 Å². The summed E-state index contributed by atoms with van der Waals surface area (Å²) in [5.41, 5.74) is 1.78. The number of hydrogen-bond donors (Lipinski definition) is 4. The highest BCUT2D eigenvalue weighted by Gasteiger charge is 2.29. The molecule has 3 heterocycles. The first kappa shape index (κ1) is 30.3. The van der Waals surface area contributed by atoms with Gasteiger partial charge < -0.3 is 21.3 Å². The van der Waals surface area contributed by atoms with Gasteiger partial charge in [0.05, 0.1) is 23.2 Å². The molecule has 3 atom stereocenters. The van der Waals surface area contributed by atoms with Crippen molar-refractivity contribution >= 4 is 46.3 Å². The minimum atomic E-state index is -0.773. The quantitative estimate of drug-likeness (QED) is 0.345. The van der Waals surface area contributed by atoms with E-state index in [9.17, 15) is 19.2 Å². The van der Waals surface area contributed by atoms with Gasteiger partial charge in [-0.15, -0.1) is 22.7 Å². The lowest BCUT2D eigenvalue weighted by Gasteiger charge is -2.25. The average Bonchev–Trinajstić information content (AvgIpc) is 3.59. The van der Waals surface area contributed by atoms with Gasteiger partial charge in [-0.3, -0.25) is 19.2 Å². The lowest BCUT2D eigenvalue weighted by molar-refractivity contribution is -0.129. The Morgan fingerprint density at radius 3 is 2.51 bits per heavy atom. The number of benzene rings is 1. The van der Waals surface area contributed by atoms with E-state index in [1.165, 1.54) is 22.7 Å². The first-order valence-electron chi connectivity index (χ1n) is 13.8. The molecule has 4 N–H and O–H groups in total. The molecule has 1 aromatic carbocycles. The van der Waals surface area contributed by atoms with Crippen molar-refractivity contribution in [3.05, 3.63) is 68.1 Å². The summed E-state index contributed by atoms with van der Waals surface area (Å²) in [4.78, 5) is 61.5. The number of nitrogens with one attached hydrogen (secondary N) is 4. The molecule has 3 aromatic rings. The van der Waals surface area contributed by atoms with Crippen LogP contribution in [0, 0.1) is 12.8 Å². The van der Waals surface area contributed by atoms with Gasteiger partial charge in [0.1, 0.15) is 22.8 Å². The Bertz CT molecular complexity index is 1360. The van der Waals surface area contributed by atoms with Gasteiger partial charge in [0.2, 0.25) is 17.7 Å². The van der Waals surface area contributed by atoms with Crippen molar-refractivity contribution in [2.45, 2.75) is 71.0 Å². The Kier molecular flexibility index (Phi) is 10.6. The van der Waals surface area contributed by atoms with Crippen molar-refractivity contribution in [1.29, 1.82) is 0 Å². The Hall–Kier alpha value is -3.64. The van der Waals surface area contributed by atoms with Crippen LogP contribution >= 0.6 is 22.7 Å². The van der Waals surface area contributed by atoms with Crippen molar-refractivity contribution in [2.24, 2.45) is 5.92 Å². The summed E-state index contributed by atoms with van der Waals surface area (Å²) in [5.74, 6) is -1.35. The zero-order chi connectivity index (χ0) is 29.4. The molecule has 0 saturated heterocycles. The second kappa shape index (κ2) is 14.3. The smallest absolute Gasteiger partial charge is 0.271 e. The zero-order valence-electron chi connectivity index (χ0n) is 23.4. The van der Waals surface area contributed by atoms with Crippen LogP contribution < -0.4 is 21.3 Å². The summed E-state index contributed by atoms with van der Waals surface area (Å²) < 4.78 is 0. The highest BCUT2D eigenvalue weighted by atomic mass is 32.1. The lowest BCUT2D eigenvalue weighted by atomic mass is 10.0. The Morgan fingerprint density at radius 1 is 1.02 bits per heavy atom.